The first kappa shape index (κ1) is 45.7. The Morgan fingerprint density at radius 3 is 1.00 bits per heavy atom. The second kappa shape index (κ2) is 18.6. The van der Waals surface area contributed by atoms with E-state index in [1.54, 1.807) is 0 Å². The van der Waals surface area contributed by atoms with Crippen LogP contribution in [0.25, 0.3) is 0 Å². The molecule has 374 valence electrons. The van der Waals surface area contributed by atoms with Gasteiger partial charge in [0.15, 0.2) is 0 Å². The van der Waals surface area contributed by atoms with Gasteiger partial charge < -0.3 is 29.8 Å². The number of benzene rings is 12. The number of nitrogens with zero attached hydrogens (tertiary/aromatic N) is 5. The van der Waals surface area contributed by atoms with Gasteiger partial charge in [-0.3, -0.25) is 0 Å². The summed E-state index contributed by atoms with van der Waals surface area (Å²) in [5, 5.41) is 4.21. The summed E-state index contributed by atoms with van der Waals surface area (Å²) in [6, 6.07) is 109. The molecule has 4 aliphatic rings. The Kier molecular flexibility index (Phi) is 10.7. The molecule has 0 amide bonds. The number of hydrogen-bond donors (Lipinski definition) is 1. The van der Waals surface area contributed by atoms with Crippen LogP contribution < -0.4 is 62.6 Å². The van der Waals surface area contributed by atoms with Gasteiger partial charge in [0.2, 0.25) is 0 Å². The van der Waals surface area contributed by atoms with Gasteiger partial charge in [-0.1, -0.05) is 170 Å². The number of para-hydroxylation sites is 9. The highest BCUT2D eigenvalue weighted by molar-refractivity contribution is 7.03. The van der Waals surface area contributed by atoms with Crippen LogP contribution in [0.3, 0.4) is 0 Å². The quantitative estimate of drug-likeness (QED) is 0.145. The third kappa shape index (κ3) is 7.23. The van der Waals surface area contributed by atoms with Crippen molar-refractivity contribution in [2.75, 3.05) is 29.8 Å². The maximum absolute atomic E-state index is 4.21. The second-order valence-corrected chi connectivity index (χ2v) is 21.0. The van der Waals surface area contributed by atoms with Crippen molar-refractivity contribution in [3.8, 4) is 0 Å². The van der Waals surface area contributed by atoms with E-state index in [1.807, 2.05) is 0 Å². The predicted octanol–water partition coefficient (Wildman–Crippen LogP) is 15.1. The summed E-state index contributed by atoms with van der Waals surface area (Å²) in [6.07, 6.45) is 0. The van der Waals surface area contributed by atoms with E-state index in [4.69, 9.17) is 0 Å². The van der Waals surface area contributed by atoms with E-state index in [0.29, 0.717) is 0 Å². The molecular weight excluding hydrogens is 970 g/mol. The van der Waals surface area contributed by atoms with Crippen molar-refractivity contribution in [3.63, 3.8) is 0 Å². The lowest BCUT2D eigenvalue weighted by Gasteiger charge is -2.46. The zero-order valence-electron chi connectivity index (χ0n) is 43.7. The third-order valence-corrected chi connectivity index (χ3v) is 16.5. The molecule has 0 fully saturated rings. The van der Waals surface area contributed by atoms with Gasteiger partial charge in [-0.05, 0) is 160 Å². The normalized spacial score (nSPS) is 13.0. The average molecular weight is 1020 g/mol. The Hall–Kier alpha value is -10.4. The van der Waals surface area contributed by atoms with Gasteiger partial charge >= 0.3 is 0 Å². The minimum atomic E-state index is -0.111. The van der Waals surface area contributed by atoms with Crippen LogP contribution in [-0.4, -0.2) is 13.4 Å². The maximum Gasteiger partial charge on any atom is 0.252 e. The van der Waals surface area contributed by atoms with E-state index in [0.717, 1.165) is 85.3 Å². The molecule has 0 saturated heterocycles. The highest BCUT2D eigenvalue weighted by Crippen LogP contribution is 2.50. The minimum Gasteiger partial charge on any atom is -0.356 e. The molecule has 0 aromatic heterocycles. The fourth-order valence-corrected chi connectivity index (χ4v) is 13.3. The highest BCUT2D eigenvalue weighted by Gasteiger charge is 2.47. The molecule has 12 aromatic carbocycles. The summed E-state index contributed by atoms with van der Waals surface area (Å²) >= 11 is 0. The van der Waals surface area contributed by atoms with Gasteiger partial charge in [-0.15, -0.1) is 0 Å². The molecule has 6 nitrogen and oxygen atoms in total. The zero-order valence-corrected chi connectivity index (χ0v) is 43.7. The molecule has 12 aromatic rings. The van der Waals surface area contributed by atoms with Crippen LogP contribution >= 0.6 is 0 Å². The summed E-state index contributed by atoms with van der Waals surface area (Å²) in [7, 11) is 0. The Morgan fingerprint density at radius 2 is 0.575 bits per heavy atom. The molecule has 0 saturated carbocycles. The number of rotatable bonds is 9. The minimum absolute atomic E-state index is 0.0907. The van der Waals surface area contributed by atoms with E-state index < -0.39 is 0 Å². The molecule has 0 spiro atoms. The molecule has 0 unspecified atom stereocenters. The first-order valence-corrected chi connectivity index (χ1v) is 27.6. The molecule has 0 bridgehead atoms. The Bertz CT molecular complexity index is 4230. The molecule has 0 atom stereocenters. The van der Waals surface area contributed by atoms with Crippen LogP contribution in [0.1, 0.15) is 0 Å². The zero-order chi connectivity index (χ0) is 52.7. The van der Waals surface area contributed by atoms with Gasteiger partial charge in [0, 0.05) is 85.3 Å². The largest absolute Gasteiger partial charge is 0.356 e. The number of nitrogens with one attached hydrogen (secondary N) is 1. The first-order chi connectivity index (χ1) is 39.7. The van der Waals surface area contributed by atoms with E-state index in [2.05, 4.69) is 327 Å². The van der Waals surface area contributed by atoms with Crippen molar-refractivity contribution in [2.24, 2.45) is 0 Å². The van der Waals surface area contributed by atoms with Gasteiger partial charge in [0.05, 0.1) is 11.4 Å². The van der Waals surface area contributed by atoms with Crippen LogP contribution in [0.5, 0.6) is 0 Å². The standard InChI is InChI=1S/C72H50B2N6/c1-8-26-50(27-9-1)76(51-28-10-2-11-29-51)57-44-64-71-68(45-57)78(54-34-16-5-17-35-54)65-42-24-22-40-59(65)73(71)61-48-62-67(49-63(61)75-64)80(56-38-20-7-21-39-56)70-47-58(77(52-30-12-3-13-31-52)53-32-14-4-15-33-53)46-69-72(70)74(62)60-41-23-25-43-66(60)79(69)55-36-18-6-19-37-55/h1-49,75H. The molecule has 4 heterocycles. The topological polar surface area (TPSA) is 28.2 Å². The third-order valence-electron chi connectivity index (χ3n) is 16.5. The van der Waals surface area contributed by atoms with E-state index in [9.17, 15) is 0 Å². The van der Waals surface area contributed by atoms with Crippen LogP contribution in [0.15, 0.2) is 297 Å². The van der Waals surface area contributed by atoms with Crippen molar-refractivity contribution < 1.29 is 0 Å². The molecular formula is C72H50B2N6. The molecule has 8 heteroatoms. The average Bonchev–Trinajstić information content (AvgIpc) is 3.57. The van der Waals surface area contributed by atoms with E-state index in [1.165, 1.54) is 44.2 Å². The summed E-state index contributed by atoms with van der Waals surface area (Å²) < 4.78 is 0. The van der Waals surface area contributed by atoms with Crippen molar-refractivity contribution in [1.82, 2.24) is 0 Å². The summed E-state index contributed by atoms with van der Waals surface area (Å²) in [5.41, 5.74) is 26.4. The SMILES string of the molecule is c1ccc(N(c2ccccc2)c2cc3c4c(c2)N(c2ccccc2)c2ccccc2B4c2cc4c(cc2N3)N(c2ccccc2)c2cc(N(c3ccccc3)c3ccccc3)cc3c2B4c2ccccc2N3c2ccccc2)cc1. The van der Waals surface area contributed by atoms with Crippen molar-refractivity contribution in [2.45, 2.75) is 0 Å². The van der Waals surface area contributed by atoms with Crippen molar-refractivity contribution in [3.05, 3.63) is 297 Å². The number of anilines is 17. The summed E-state index contributed by atoms with van der Waals surface area (Å²) in [4.78, 5) is 12.3. The molecule has 1 N–H and O–H groups in total. The lowest BCUT2D eigenvalue weighted by Crippen LogP contribution is -2.64. The Labute approximate surface area is 467 Å². The monoisotopic (exact) mass is 1020 g/mol. The Morgan fingerprint density at radius 1 is 0.237 bits per heavy atom. The van der Waals surface area contributed by atoms with Gasteiger partial charge in [0.1, 0.15) is 0 Å². The first-order valence-electron chi connectivity index (χ1n) is 27.6. The second-order valence-electron chi connectivity index (χ2n) is 21.0. The lowest BCUT2D eigenvalue weighted by atomic mass is 9.30. The fourth-order valence-electron chi connectivity index (χ4n) is 13.3. The Balaban J connectivity index is 0.982. The van der Waals surface area contributed by atoms with Gasteiger partial charge in [-0.2, -0.15) is 0 Å². The molecule has 4 aliphatic heterocycles. The predicted molar refractivity (Wildman–Crippen MR) is 339 cm³/mol. The van der Waals surface area contributed by atoms with Crippen LogP contribution in [0.4, 0.5) is 96.7 Å². The smallest absolute Gasteiger partial charge is 0.252 e. The molecule has 0 aliphatic carbocycles. The number of fused-ring (bicyclic) bond motifs is 8. The van der Waals surface area contributed by atoms with Crippen LogP contribution in [0, 0.1) is 0 Å². The summed E-state index contributed by atoms with van der Waals surface area (Å²) in [5.74, 6) is 0. The number of hydrogen-bond acceptors (Lipinski definition) is 6. The van der Waals surface area contributed by atoms with Crippen molar-refractivity contribution >= 4 is 143 Å². The molecule has 16 rings (SSSR count). The summed E-state index contributed by atoms with van der Waals surface area (Å²) in [6.45, 7) is -0.201. The highest BCUT2D eigenvalue weighted by atomic mass is 15.2. The van der Waals surface area contributed by atoms with Gasteiger partial charge in [0.25, 0.3) is 13.4 Å². The maximum atomic E-state index is 4.21. The van der Waals surface area contributed by atoms with E-state index in [-0.39, 0.29) is 13.4 Å². The van der Waals surface area contributed by atoms with Crippen LogP contribution in [-0.2, 0) is 0 Å². The molecule has 0 radical (unpaired) electrons. The van der Waals surface area contributed by atoms with Crippen LogP contribution in [0.2, 0.25) is 0 Å². The van der Waals surface area contributed by atoms with Gasteiger partial charge in [-0.25, -0.2) is 0 Å². The molecule has 80 heavy (non-hydrogen) atoms. The fraction of sp³-hybridized carbons (Fsp3) is 0. The lowest BCUT2D eigenvalue weighted by molar-refractivity contribution is 1.23. The van der Waals surface area contributed by atoms with Crippen molar-refractivity contribution in [1.29, 1.82) is 0 Å². The van der Waals surface area contributed by atoms with E-state index >= 15 is 0 Å².